The third-order valence-electron chi connectivity index (χ3n) is 5.70. The Balaban J connectivity index is 2.22. The lowest BCUT2D eigenvalue weighted by molar-refractivity contribution is 0.0524. The highest BCUT2D eigenvalue weighted by Crippen LogP contribution is 2.20. The van der Waals surface area contributed by atoms with Crippen molar-refractivity contribution in [2.75, 3.05) is 19.8 Å². The zero-order valence-electron chi connectivity index (χ0n) is 21.3. The van der Waals surface area contributed by atoms with E-state index in [4.69, 9.17) is 14.2 Å². The van der Waals surface area contributed by atoms with Crippen molar-refractivity contribution in [3.05, 3.63) is 29.3 Å². The van der Waals surface area contributed by atoms with Gasteiger partial charge in [-0.15, -0.1) is 0 Å². The number of unbranched alkanes of at least 4 members (excludes halogenated alkanes) is 13. The van der Waals surface area contributed by atoms with Gasteiger partial charge in [-0.05, 0) is 38.5 Å². The van der Waals surface area contributed by atoms with Gasteiger partial charge in [0.05, 0.1) is 30.9 Å². The van der Waals surface area contributed by atoms with Crippen LogP contribution in [0.4, 0.5) is 0 Å². The van der Waals surface area contributed by atoms with Crippen molar-refractivity contribution in [3.8, 4) is 5.75 Å². The molecule has 188 valence electrons. The fourth-order valence-corrected chi connectivity index (χ4v) is 3.83. The molecule has 0 atom stereocenters. The molecule has 0 unspecified atom stereocenters. The van der Waals surface area contributed by atoms with Crippen LogP contribution in [0.25, 0.3) is 0 Å². The van der Waals surface area contributed by atoms with Crippen LogP contribution in [-0.4, -0.2) is 31.8 Å². The van der Waals surface area contributed by atoms with Gasteiger partial charge < -0.3 is 14.2 Å². The van der Waals surface area contributed by atoms with Gasteiger partial charge in [-0.25, -0.2) is 9.59 Å². The summed E-state index contributed by atoms with van der Waals surface area (Å²) in [4.78, 5) is 24.2. The third kappa shape index (κ3) is 14.0. The molecule has 1 aromatic carbocycles. The zero-order chi connectivity index (χ0) is 24.2. The minimum Gasteiger partial charge on any atom is -0.494 e. The SMILES string of the molecule is CCCCCCCCCCCCCCCCOc1cc(C(=O)OCC)cc(C(=O)OCC)c1. The van der Waals surface area contributed by atoms with Crippen molar-refractivity contribution < 1.29 is 23.8 Å². The fraction of sp³-hybridized carbons (Fsp3) is 0.714. The van der Waals surface area contributed by atoms with E-state index in [1.807, 2.05) is 0 Å². The van der Waals surface area contributed by atoms with Crippen molar-refractivity contribution in [3.63, 3.8) is 0 Å². The van der Waals surface area contributed by atoms with E-state index in [0.29, 0.717) is 23.5 Å². The maximum atomic E-state index is 12.1. The molecule has 0 radical (unpaired) electrons. The highest BCUT2D eigenvalue weighted by atomic mass is 16.5. The first-order chi connectivity index (χ1) is 16.1. The molecule has 0 aliphatic carbocycles. The van der Waals surface area contributed by atoms with E-state index in [2.05, 4.69) is 6.92 Å². The quantitative estimate of drug-likeness (QED) is 0.146. The molecular weight excluding hydrogens is 416 g/mol. The molecule has 0 fully saturated rings. The van der Waals surface area contributed by atoms with Gasteiger partial charge in [0.2, 0.25) is 0 Å². The molecule has 33 heavy (non-hydrogen) atoms. The lowest BCUT2D eigenvalue weighted by Gasteiger charge is -2.11. The summed E-state index contributed by atoms with van der Waals surface area (Å²) in [7, 11) is 0. The van der Waals surface area contributed by atoms with Crippen LogP contribution in [-0.2, 0) is 9.47 Å². The van der Waals surface area contributed by atoms with Crippen LogP contribution in [0.15, 0.2) is 18.2 Å². The minimum atomic E-state index is -0.468. The Morgan fingerprint density at radius 2 is 0.970 bits per heavy atom. The molecule has 0 amide bonds. The molecule has 0 N–H and O–H groups in total. The second-order valence-corrected chi connectivity index (χ2v) is 8.63. The highest BCUT2D eigenvalue weighted by Gasteiger charge is 2.15. The minimum absolute atomic E-state index is 0.276. The molecular formula is C28H46O5. The third-order valence-corrected chi connectivity index (χ3v) is 5.70. The number of carbonyl (C=O) groups is 2. The summed E-state index contributed by atoms with van der Waals surface area (Å²) in [5, 5.41) is 0. The second-order valence-electron chi connectivity index (χ2n) is 8.63. The summed E-state index contributed by atoms with van der Waals surface area (Å²) in [6, 6.07) is 4.75. The van der Waals surface area contributed by atoms with Crippen molar-refractivity contribution in [2.45, 2.75) is 111 Å². The summed E-state index contributed by atoms with van der Waals surface area (Å²) in [6.45, 7) is 6.88. The van der Waals surface area contributed by atoms with Gasteiger partial charge in [0.25, 0.3) is 0 Å². The van der Waals surface area contributed by atoms with Crippen LogP contribution < -0.4 is 4.74 Å². The van der Waals surface area contributed by atoms with Crippen LogP contribution in [0.2, 0.25) is 0 Å². The monoisotopic (exact) mass is 462 g/mol. The normalized spacial score (nSPS) is 10.8. The van der Waals surface area contributed by atoms with E-state index in [1.165, 1.54) is 83.1 Å². The van der Waals surface area contributed by atoms with Crippen LogP contribution >= 0.6 is 0 Å². The Hall–Kier alpha value is -2.04. The lowest BCUT2D eigenvalue weighted by Crippen LogP contribution is -2.10. The van der Waals surface area contributed by atoms with Crippen molar-refractivity contribution in [2.24, 2.45) is 0 Å². The maximum Gasteiger partial charge on any atom is 0.338 e. The number of benzene rings is 1. The number of hydrogen-bond acceptors (Lipinski definition) is 5. The first-order valence-corrected chi connectivity index (χ1v) is 13.2. The second kappa shape index (κ2) is 19.4. The number of ether oxygens (including phenoxy) is 3. The Morgan fingerprint density at radius 3 is 1.36 bits per heavy atom. The number of hydrogen-bond donors (Lipinski definition) is 0. The molecule has 1 aromatic rings. The topological polar surface area (TPSA) is 61.8 Å². The summed E-state index contributed by atoms with van der Waals surface area (Å²) < 4.78 is 16.0. The molecule has 5 nitrogen and oxygen atoms in total. The number of carbonyl (C=O) groups excluding carboxylic acids is 2. The van der Waals surface area contributed by atoms with E-state index >= 15 is 0 Å². The van der Waals surface area contributed by atoms with Gasteiger partial charge in [-0.1, -0.05) is 90.4 Å². The predicted molar refractivity (Wildman–Crippen MR) is 134 cm³/mol. The molecule has 0 aromatic heterocycles. The fourth-order valence-electron chi connectivity index (χ4n) is 3.83. The molecule has 0 aliphatic rings. The molecule has 0 spiro atoms. The average molecular weight is 463 g/mol. The molecule has 0 bridgehead atoms. The Kier molecular flexibility index (Phi) is 17.1. The Labute approximate surface area is 201 Å². The molecule has 5 heteroatoms. The van der Waals surface area contributed by atoms with Gasteiger partial charge in [-0.2, -0.15) is 0 Å². The van der Waals surface area contributed by atoms with Crippen LogP contribution in [0, 0.1) is 0 Å². The Morgan fingerprint density at radius 1 is 0.576 bits per heavy atom. The van der Waals surface area contributed by atoms with Gasteiger partial charge in [0.1, 0.15) is 5.75 Å². The highest BCUT2D eigenvalue weighted by molar-refractivity contribution is 5.96. The van der Waals surface area contributed by atoms with Crippen LogP contribution in [0.5, 0.6) is 5.75 Å². The first-order valence-electron chi connectivity index (χ1n) is 13.2. The van der Waals surface area contributed by atoms with E-state index < -0.39 is 11.9 Å². The van der Waals surface area contributed by atoms with Crippen molar-refractivity contribution >= 4 is 11.9 Å². The molecule has 0 heterocycles. The van der Waals surface area contributed by atoms with E-state index in [0.717, 1.165) is 12.8 Å². The van der Waals surface area contributed by atoms with E-state index in [1.54, 1.807) is 26.0 Å². The first kappa shape index (κ1) is 29.0. The summed E-state index contributed by atoms with van der Waals surface area (Å²) in [6.07, 6.45) is 18.3. The zero-order valence-corrected chi connectivity index (χ0v) is 21.3. The summed E-state index contributed by atoms with van der Waals surface area (Å²) >= 11 is 0. The van der Waals surface area contributed by atoms with Gasteiger partial charge in [-0.3, -0.25) is 0 Å². The molecule has 0 aliphatic heterocycles. The number of esters is 2. The van der Waals surface area contributed by atoms with Crippen molar-refractivity contribution in [1.29, 1.82) is 0 Å². The smallest absolute Gasteiger partial charge is 0.338 e. The largest absolute Gasteiger partial charge is 0.494 e. The van der Waals surface area contributed by atoms with Gasteiger partial charge >= 0.3 is 11.9 Å². The van der Waals surface area contributed by atoms with Crippen LogP contribution in [0.3, 0.4) is 0 Å². The predicted octanol–water partition coefficient (Wildman–Crippen LogP) is 7.90. The van der Waals surface area contributed by atoms with E-state index in [-0.39, 0.29) is 13.2 Å². The number of rotatable bonds is 20. The molecule has 0 saturated heterocycles. The lowest BCUT2D eigenvalue weighted by atomic mass is 10.0. The van der Waals surface area contributed by atoms with Crippen molar-refractivity contribution in [1.82, 2.24) is 0 Å². The molecule has 0 saturated carbocycles. The average Bonchev–Trinajstić information content (AvgIpc) is 2.81. The standard InChI is InChI=1S/C28H46O5/c1-4-7-8-9-10-11-12-13-14-15-16-17-18-19-20-33-26-22-24(27(29)31-5-2)21-25(23-26)28(30)32-6-3/h21-23H,4-20H2,1-3H3. The summed E-state index contributed by atoms with van der Waals surface area (Å²) in [5.41, 5.74) is 0.608. The van der Waals surface area contributed by atoms with E-state index in [9.17, 15) is 9.59 Å². The van der Waals surface area contributed by atoms with Gasteiger partial charge in [0, 0.05) is 0 Å². The Bertz CT molecular complexity index is 619. The summed E-state index contributed by atoms with van der Waals surface area (Å²) in [5.74, 6) is -0.437. The van der Waals surface area contributed by atoms with Crippen LogP contribution in [0.1, 0.15) is 131 Å². The molecule has 1 rings (SSSR count). The van der Waals surface area contributed by atoms with Gasteiger partial charge in [0.15, 0.2) is 0 Å². The maximum absolute atomic E-state index is 12.1.